The number of carbonyl (C=O) groups excluding carboxylic acids is 1. The Kier molecular flexibility index (Phi) is 5.98. The quantitative estimate of drug-likeness (QED) is 0.558. The maximum absolute atomic E-state index is 14.3. The second kappa shape index (κ2) is 8.60. The summed E-state index contributed by atoms with van der Waals surface area (Å²) in [5, 5.41) is 0. The second-order valence-corrected chi connectivity index (χ2v) is 5.96. The van der Waals surface area contributed by atoms with E-state index in [9.17, 15) is 13.6 Å². The number of hydrogen-bond donors (Lipinski definition) is 0. The van der Waals surface area contributed by atoms with Crippen LogP contribution < -0.4 is 9.47 Å². The molecular formula is C20H18F2N2O4. The average molecular weight is 388 g/mol. The van der Waals surface area contributed by atoms with E-state index in [1.54, 1.807) is 0 Å². The van der Waals surface area contributed by atoms with Gasteiger partial charge in [0.1, 0.15) is 11.6 Å². The molecule has 0 bridgehead atoms. The zero-order valence-electron chi connectivity index (χ0n) is 15.3. The highest BCUT2D eigenvalue weighted by Gasteiger charge is 2.18. The molecule has 1 heterocycles. The highest BCUT2D eigenvalue weighted by atomic mass is 19.1. The van der Waals surface area contributed by atoms with Gasteiger partial charge in [-0.2, -0.15) is 0 Å². The Morgan fingerprint density at radius 2 is 1.96 bits per heavy atom. The van der Waals surface area contributed by atoms with Crippen molar-refractivity contribution in [3.63, 3.8) is 0 Å². The predicted octanol–water partition coefficient (Wildman–Crippen LogP) is 4.42. The number of aromatic nitrogens is 2. The van der Waals surface area contributed by atoms with Crippen LogP contribution in [0, 0.1) is 11.6 Å². The van der Waals surface area contributed by atoms with Crippen LogP contribution in [-0.2, 0) is 9.53 Å². The second-order valence-electron chi connectivity index (χ2n) is 5.96. The maximum Gasteiger partial charge on any atom is 0.347 e. The van der Waals surface area contributed by atoms with Crippen LogP contribution in [0.4, 0.5) is 8.78 Å². The molecule has 6 nitrogen and oxygen atoms in total. The third kappa shape index (κ3) is 4.70. The smallest absolute Gasteiger partial charge is 0.347 e. The van der Waals surface area contributed by atoms with Gasteiger partial charge < -0.3 is 14.2 Å². The van der Waals surface area contributed by atoms with Crippen LogP contribution in [0.5, 0.6) is 17.4 Å². The van der Waals surface area contributed by atoms with Crippen molar-refractivity contribution in [2.75, 3.05) is 6.61 Å². The number of hydrogen-bond acceptors (Lipinski definition) is 6. The van der Waals surface area contributed by atoms with Gasteiger partial charge in [-0.25, -0.2) is 23.5 Å². The fourth-order valence-electron chi connectivity index (χ4n) is 2.34. The molecule has 3 rings (SSSR count). The summed E-state index contributed by atoms with van der Waals surface area (Å²) in [7, 11) is 0. The third-order valence-electron chi connectivity index (χ3n) is 3.69. The molecule has 2 aromatic carbocycles. The molecule has 0 amide bonds. The summed E-state index contributed by atoms with van der Waals surface area (Å²) < 4.78 is 43.3. The van der Waals surface area contributed by atoms with Crippen LogP contribution in [0.1, 0.15) is 20.3 Å². The molecule has 0 radical (unpaired) electrons. The lowest BCUT2D eigenvalue weighted by atomic mass is 10.3. The van der Waals surface area contributed by atoms with Gasteiger partial charge in [-0.05, 0) is 37.6 Å². The van der Waals surface area contributed by atoms with Crippen molar-refractivity contribution in [2.45, 2.75) is 26.4 Å². The molecule has 0 aliphatic heterocycles. The number of nitrogens with zero attached hydrogens (tertiary/aromatic N) is 2. The summed E-state index contributed by atoms with van der Waals surface area (Å²) in [4.78, 5) is 20.0. The van der Waals surface area contributed by atoms with Crippen molar-refractivity contribution in [1.29, 1.82) is 0 Å². The number of halogens is 2. The standard InChI is InChI=1S/C20H18F2N2O4/c1-3-8-26-20(25)12(2)27-18-7-5-14(10-15(18)22)28-19-11-23-17-9-13(21)4-6-16(17)24-19/h4-7,9-12H,3,8H2,1-2H3. The summed E-state index contributed by atoms with van der Waals surface area (Å²) in [6.07, 6.45) is 1.06. The lowest BCUT2D eigenvalue weighted by Crippen LogP contribution is -2.26. The normalized spacial score (nSPS) is 11.9. The molecule has 0 aliphatic carbocycles. The molecule has 0 N–H and O–H groups in total. The fourth-order valence-corrected chi connectivity index (χ4v) is 2.34. The molecule has 1 unspecified atom stereocenters. The van der Waals surface area contributed by atoms with Gasteiger partial charge in [-0.1, -0.05) is 6.92 Å². The number of ether oxygens (including phenoxy) is 3. The molecule has 0 aliphatic rings. The number of rotatable bonds is 7. The summed E-state index contributed by atoms with van der Waals surface area (Å²) in [6.45, 7) is 3.63. The Bertz CT molecular complexity index is 997. The molecule has 0 saturated heterocycles. The number of fused-ring (bicyclic) bond motifs is 1. The van der Waals surface area contributed by atoms with E-state index in [1.807, 2.05) is 6.92 Å². The SMILES string of the molecule is CCCOC(=O)C(C)Oc1ccc(Oc2cnc3cc(F)ccc3n2)cc1F. The first-order chi connectivity index (χ1) is 13.5. The van der Waals surface area contributed by atoms with Crippen molar-refractivity contribution in [3.05, 3.63) is 54.2 Å². The molecule has 28 heavy (non-hydrogen) atoms. The van der Waals surface area contributed by atoms with E-state index in [0.717, 1.165) is 6.07 Å². The molecule has 1 aromatic heterocycles. The van der Waals surface area contributed by atoms with Crippen LogP contribution in [0.15, 0.2) is 42.6 Å². The average Bonchev–Trinajstić information content (AvgIpc) is 2.68. The first kappa shape index (κ1) is 19.5. The van der Waals surface area contributed by atoms with E-state index < -0.39 is 23.7 Å². The molecule has 0 fully saturated rings. The molecule has 8 heteroatoms. The number of carbonyl (C=O) groups is 1. The van der Waals surface area contributed by atoms with Gasteiger partial charge in [-0.3, -0.25) is 0 Å². The van der Waals surface area contributed by atoms with Crippen LogP contribution in [0.2, 0.25) is 0 Å². The van der Waals surface area contributed by atoms with E-state index >= 15 is 0 Å². The lowest BCUT2D eigenvalue weighted by Gasteiger charge is -2.14. The Morgan fingerprint density at radius 1 is 1.14 bits per heavy atom. The van der Waals surface area contributed by atoms with E-state index in [4.69, 9.17) is 14.2 Å². The molecule has 0 spiro atoms. The molecule has 3 aromatic rings. The fraction of sp³-hybridized carbons (Fsp3) is 0.250. The summed E-state index contributed by atoms with van der Waals surface area (Å²) in [5.41, 5.74) is 0.824. The van der Waals surface area contributed by atoms with Crippen molar-refractivity contribution >= 4 is 17.0 Å². The van der Waals surface area contributed by atoms with Crippen molar-refractivity contribution in [1.82, 2.24) is 9.97 Å². The zero-order valence-corrected chi connectivity index (χ0v) is 15.3. The first-order valence-electron chi connectivity index (χ1n) is 8.69. The van der Waals surface area contributed by atoms with Gasteiger partial charge in [0.25, 0.3) is 0 Å². The Labute approximate surface area is 160 Å². The Balaban J connectivity index is 1.70. The first-order valence-corrected chi connectivity index (χ1v) is 8.69. The summed E-state index contributed by atoms with van der Waals surface area (Å²) in [5.74, 6) is -1.49. The van der Waals surface area contributed by atoms with Gasteiger partial charge in [-0.15, -0.1) is 0 Å². The minimum atomic E-state index is -0.945. The number of esters is 1. The molecule has 0 saturated carbocycles. The third-order valence-corrected chi connectivity index (χ3v) is 3.69. The van der Waals surface area contributed by atoms with Crippen LogP contribution >= 0.6 is 0 Å². The summed E-state index contributed by atoms with van der Waals surface area (Å²) in [6, 6.07) is 7.91. The number of benzene rings is 2. The zero-order chi connectivity index (χ0) is 20.1. The minimum absolute atomic E-state index is 0.103. The van der Waals surface area contributed by atoms with Crippen molar-refractivity contribution < 1.29 is 27.8 Å². The van der Waals surface area contributed by atoms with Crippen LogP contribution in [0.3, 0.4) is 0 Å². The molecular weight excluding hydrogens is 370 g/mol. The van der Waals surface area contributed by atoms with Gasteiger partial charge in [0.15, 0.2) is 17.7 Å². The van der Waals surface area contributed by atoms with Gasteiger partial charge >= 0.3 is 5.97 Å². The van der Waals surface area contributed by atoms with E-state index in [2.05, 4.69) is 9.97 Å². The van der Waals surface area contributed by atoms with Crippen molar-refractivity contribution in [3.8, 4) is 17.4 Å². The largest absolute Gasteiger partial charge is 0.476 e. The van der Waals surface area contributed by atoms with E-state index in [0.29, 0.717) is 17.5 Å². The lowest BCUT2D eigenvalue weighted by molar-refractivity contribution is -0.151. The van der Waals surface area contributed by atoms with Gasteiger partial charge in [0.2, 0.25) is 5.88 Å². The Hall–Kier alpha value is -3.29. The predicted molar refractivity (Wildman–Crippen MR) is 97.3 cm³/mol. The van der Waals surface area contributed by atoms with E-state index in [1.165, 1.54) is 43.5 Å². The maximum atomic E-state index is 14.3. The highest BCUT2D eigenvalue weighted by molar-refractivity contribution is 5.75. The van der Waals surface area contributed by atoms with Gasteiger partial charge in [0.05, 0.1) is 23.8 Å². The highest BCUT2D eigenvalue weighted by Crippen LogP contribution is 2.27. The summed E-state index contributed by atoms with van der Waals surface area (Å²) >= 11 is 0. The molecule has 146 valence electrons. The topological polar surface area (TPSA) is 70.5 Å². The van der Waals surface area contributed by atoms with Crippen molar-refractivity contribution in [2.24, 2.45) is 0 Å². The van der Waals surface area contributed by atoms with Gasteiger partial charge in [0, 0.05) is 12.1 Å². The van der Waals surface area contributed by atoms with Crippen LogP contribution in [-0.4, -0.2) is 28.6 Å². The van der Waals surface area contributed by atoms with Crippen LogP contribution in [0.25, 0.3) is 11.0 Å². The monoisotopic (exact) mass is 388 g/mol. The molecule has 1 atom stereocenters. The van der Waals surface area contributed by atoms with E-state index in [-0.39, 0.29) is 24.0 Å². The Morgan fingerprint density at radius 3 is 2.71 bits per heavy atom. The minimum Gasteiger partial charge on any atom is -0.476 e.